The normalized spacial score (nSPS) is 13.9. The van der Waals surface area contributed by atoms with Crippen molar-refractivity contribution in [3.8, 4) is 5.75 Å². The number of hydrogen-bond acceptors (Lipinski definition) is 6. The molecule has 112 valence electrons. The van der Waals surface area contributed by atoms with Crippen LogP contribution in [0.4, 0.5) is 11.4 Å². The topological polar surface area (TPSA) is 111 Å². The van der Waals surface area contributed by atoms with Crippen LogP contribution in [0.25, 0.3) is 0 Å². The molecule has 0 aliphatic rings. The van der Waals surface area contributed by atoms with Gasteiger partial charge in [0.1, 0.15) is 0 Å². The van der Waals surface area contributed by atoms with E-state index in [4.69, 9.17) is 10.5 Å². The van der Waals surface area contributed by atoms with E-state index in [2.05, 4.69) is 5.32 Å². The van der Waals surface area contributed by atoms with Gasteiger partial charge in [0.05, 0.1) is 17.1 Å². The van der Waals surface area contributed by atoms with Crippen LogP contribution < -0.4 is 15.8 Å². The standard InChI is InChI=1S/C13H21N3O4/c1-8(2)20-13-6-10(4-5-12(13)16(18)19)15-7-11(14)9(3)17/h4-6,8-9,11,15,17H,7,14H2,1-3H3. The van der Waals surface area contributed by atoms with Crippen LogP contribution >= 0.6 is 0 Å². The molecule has 7 nitrogen and oxygen atoms in total. The Bertz CT molecular complexity index is 463. The third-order valence-electron chi connectivity index (χ3n) is 2.68. The summed E-state index contributed by atoms with van der Waals surface area (Å²) in [5.74, 6) is 0.209. The Kier molecular flexibility index (Phi) is 5.72. The number of ether oxygens (including phenoxy) is 1. The van der Waals surface area contributed by atoms with Crippen LogP contribution in [0.5, 0.6) is 5.75 Å². The van der Waals surface area contributed by atoms with Crippen LogP contribution in [0.1, 0.15) is 20.8 Å². The Morgan fingerprint density at radius 1 is 1.45 bits per heavy atom. The summed E-state index contributed by atoms with van der Waals surface area (Å²) in [6, 6.07) is 4.11. The second-order valence-electron chi connectivity index (χ2n) is 4.89. The van der Waals surface area contributed by atoms with Crippen molar-refractivity contribution in [2.75, 3.05) is 11.9 Å². The van der Waals surface area contributed by atoms with Gasteiger partial charge in [0.25, 0.3) is 0 Å². The number of aliphatic hydroxyl groups excluding tert-OH is 1. The monoisotopic (exact) mass is 283 g/mol. The number of nitrogens with two attached hydrogens (primary N) is 1. The Labute approximate surface area is 117 Å². The maximum atomic E-state index is 10.9. The van der Waals surface area contributed by atoms with Gasteiger partial charge >= 0.3 is 5.69 Å². The van der Waals surface area contributed by atoms with E-state index in [0.717, 1.165) is 0 Å². The van der Waals surface area contributed by atoms with Crippen molar-refractivity contribution in [2.45, 2.75) is 39.0 Å². The minimum atomic E-state index is -0.632. The lowest BCUT2D eigenvalue weighted by atomic mass is 10.2. The van der Waals surface area contributed by atoms with Crippen molar-refractivity contribution in [3.05, 3.63) is 28.3 Å². The van der Waals surface area contributed by atoms with E-state index in [1.165, 1.54) is 6.07 Å². The summed E-state index contributed by atoms with van der Waals surface area (Å²) in [5, 5.41) is 23.3. The number of nitro groups is 1. The highest BCUT2D eigenvalue weighted by Crippen LogP contribution is 2.30. The van der Waals surface area contributed by atoms with Gasteiger partial charge in [-0.15, -0.1) is 0 Å². The van der Waals surface area contributed by atoms with E-state index in [1.54, 1.807) is 32.9 Å². The minimum Gasteiger partial charge on any atom is -0.484 e. The van der Waals surface area contributed by atoms with Gasteiger partial charge in [-0.1, -0.05) is 0 Å². The number of nitrogens with zero attached hydrogens (tertiary/aromatic N) is 1. The van der Waals surface area contributed by atoms with E-state index in [1.807, 2.05) is 0 Å². The number of anilines is 1. The fraction of sp³-hybridized carbons (Fsp3) is 0.538. The lowest BCUT2D eigenvalue weighted by Crippen LogP contribution is -2.38. The number of benzene rings is 1. The SMILES string of the molecule is CC(C)Oc1cc(NCC(N)C(C)O)ccc1[N+](=O)[O-]. The lowest BCUT2D eigenvalue weighted by molar-refractivity contribution is -0.386. The van der Waals surface area contributed by atoms with Crippen LogP contribution in [-0.4, -0.2) is 34.8 Å². The molecule has 0 aliphatic carbocycles. The van der Waals surface area contributed by atoms with Gasteiger partial charge in [-0.05, 0) is 26.8 Å². The Balaban J connectivity index is 2.86. The molecule has 2 atom stereocenters. The van der Waals surface area contributed by atoms with Crippen molar-refractivity contribution in [1.82, 2.24) is 0 Å². The average molecular weight is 283 g/mol. The first-order valence-corrected chi connectivity index (χ1v) is 6.44. The quantitative estimate of drug-likeness (QED) is 0.516. The number of rotatable bonds is 7. The van der Waals surface area contributed by atoms with Crippen LogP contribution in [0.3, 0.4) is 0 Å². The summed E-state index contributed by atoms with van der Waals surface area (Å²) in [4.78, 5) is 10.4. The molecule has 0 saturated carbocycles. The largest absolute Gasteiger partial charge is 0.484 e. The van der Waals surface area contributed by atoms with Crippen molar-refractivity contribution < 1.29 is 14.8 Å². The van der Waals surface area contributed by atoms with E-state index in [9.17, 15) is 15.2 Å². The molecule has 1 aromatic rings. The highest BCUT2D eigenvalue weighted by Gasteiger charge is 2.17. The summed E-state index contributed by atoms with van der Waals surface area (Å²) in [5.41, 5.74) is 6.28. The maximum Gasteiger partial charge on any atom is 0.311 e. The third kappa shape index (κ3) is 4.67. The molecule has 0 aliphatic heterocycles. The van der Waals surface area contributed by atoms with Gasteiger partial charge in [0, 0.05) is 30.4 Å². The summed E-state index contributed by atoms with van der Waals surface area (Å²) < 4.78 is 5.44. The fourth-order valence-electron chi connectivity index (χ4n) is 1.53. The van der Waals surface area contributed by atoms with Crippen molar-refractivity contribution in [3.63, 3.8) is 0 Å². The molecule has 2 unspecified atom stereocenters. The minimum absolute atomic E-state index is 0.0796. The molecule has 1 rings (SSSR count). The van der Waals surface area contributed by atoms with Crippen LogP contribution in [-0.2, 0) is 0 Å². The Morgan fingerprint density at radius 2 is 2.10 bits per heavy atom. The highest BCUT2D eigenvalue weighted by atomic mass is 16.6. The molecule has 0 spiro atoms. The van der Waals surface area contributed by atoms with Gasteiger partial charge in [0.15, 0.2) is 5.75 Å². The second-order valence-corrected chi connectivity index (χ2v) is 4.89. The molecule has 0 fully saturated rings. The molecule has 0 amide bonds. The number of aliphatic hydroxyl groups is 1. The molecule has 0 aromatic heterocycles. The van der Waals surface area contributed by atoms with Crippen LogP contribution in [0, 0.1) is 10.1 Å². The van der Waals surface area contributed by atoms with Crippen molar-refractivity contribution in [1.29, 1.82) is 0 Å². The fourth-order valence-corrected chi connectivity index (χ4v) is 1.53. The number of hydrogen-bond donors (Lipinski definition) is 3. The molecule has 7 heteroatoms. The average Bonchev–Trinajstić information content (AvgIpc) is 2.34. The third-order valence-corrected chi connectivity index (χ3v) is 2.68. The highest BCUT2D eigenvalue weighted by molar-refractivity contribution is 5.58. The van der Waals surface area contributed by atoms with Gasteiger partial charge in [-0.3, -0.25) is 10.1 Å². The summed E-state index contributed by atoms with van der Waals surface area (Å²) in [6.45, 7) is 5.56. The molecule has 1 aromatic carbocycles. The number of nitro benzene ring substituents is 1. The zero-order valence-corrected chi connectivity index (χ0v) is 11.9. The zero-order valence-electron chi connectivity index (χ0n) is 11.9. The first kappa shape index (κ1) is 16.2. The van der Waals surface area contributed by atoms with Crippen molar-refractivity contribution in [2.24, 2.45) is 5.73 Å². The molecule has 0 bridgehead atoms. The molecular formula is C13H21N3O4. The molecule has 0 radical (unpaired) electrons. The smallest absolute Gasteiger partial charge is 0.311 e. The van der Waals surface area contributed by atoms with Gasteiger partial charge in [-0.2, -0.15) is 0 Å². The van der Waals surface area contributed by atoms with Gasteiger partial charge in [-0.25, -0.2) is 0 Å². The van der Waals surface area contributed by atoms with Crippen LogP contribution in [0.2, 0.25) is 0 Å². The van der Waals surface area contributed by atoms with Gasteiger partial charge in [0.2, 0.25) is 0 Å². The molecular weight excluding hydrogens is 262 g/mol. The molecule has 4 N–H and O–H groups in total. The molecule has 0 heterocycles. The first-order valence-electron chi connectivity index (χ1n) is 6.44. The summed E-state index contributed by atoms with van der Waals surface area (Å²) >= 11 is 0. The Hall–Kier alpha value is -1.86. The molecule has 20 heavy (non-hydrogen) atoms. The summed E-state index contributed by atoms with van der Waals surface area (Å²) in [6.07, 6.45) is -0.796. The zero-order chi connectivity index (χ0) is 15.3. The van der Waals surface area contributed by atoms with E-state index >= 15 is 0 Å². The van der Waals surface area contributed by atoms with Crippen LogP contribution in [0.15, 0.2) is 18.2 Å². The van der Waals surface area contributed by atoms with Gasteiger partial charge < -0.3 is 20.9 Å². The number of nitrogens with one attached hydrogen (secondary N) is 1. The first-order chi connectivity index (χ1) is 9.31. The predicted octanol–water partition coefficient (Wildman–Crippen LogP) is 1.50. The second kappa shape index (κ2) is 7.06. The Morgan fingerprint density at radius 3 is 2.60 bits per heavy atom. The van der Waals surface area contributed by atoms with E-state index in [0.29, 0.717) is 12.2 Å². The maximum absolute atomic E-state index is 10.9. The predicted molar refractivity (Wildman–Crippen MR) is 77.0 cm³/mol. The van der Waals surface area contributed by atoms with E-state index in [-0.39, 0.29) is 17.5 Å². The van der Waals surface area contributed by atoms with E-state index < -0.39 is 17.1 Å². The summed E-state index contributed by atoms with van der Waals surface area (Å²) in [7, 11) is 0. The molecule has 0 saturated heterocycles. The van der Waals surface area contributed by atoms with Crippen molar-refractivity contribution >= 4 is 11.4 Å². The lowest BCUT2D eigenvalue weighted by Gasteiger charge is -2.17.